The minimum Gasteiger partial charge on any atom is -0.309 e. The van der Waals surface area contributed by atoms with Gasteiger partial charge in [0.05, 0.1) is 20.9 Å². The van der Waals surface area contributed by atoms with Gasteiger partial charge < -0.3 is 4.98 Å². The molecule has 1 aromatic carbocycles. The number of aromatic nitrogens is 3. The summed E-state index contributed by atoms with van der Waals surface area (Å²) in [6, 6.07) is 5.72. The number of nitrogens with one attached hydrogen (secondary N) is 1. The van der Waals surface area contributed by atoms with E-state index in [-0.39, 0.29) is 10.8 Å². The fourth-order valence-corrected chi connectivity index (χ4v) is 6.05. The summed E-state index contributed by atoms with van der Waals surface area (Å²) in [5.41, 5.74) is 1.85. The average Bonchev–Trinajstić information content (AvgIpc) is 3.07. The predicted molar refractivity (Wildman–Crippen MR) is 109 cm³/mol. The first-order valence-corrected chi connectivity index (χ1v) is 10.5. The number of benzene rings is 1. The van der Waals surface area contributed by atoms with Gasteiger partial charge in [0.1, 0.15) is 10.7 Å². The molecule has 0 radical (unpaired) electrons. The predicted octanol–water partition coefficient (Wildman–Crippen LogP) is 5.72. The zero-order valence-electron chi connectivity index (χ0n) is 13.7. The van der Waals surface area contributed by atoms with E-state index in [0.29, 0.717) is 16.2 Å². The molecule has 0 aliphatic carbocycles. The molecule has 0 fully saturated rings. The summed E-state index contributed by atoms with van der Waals surface area (Å²) >= 11 is 10.8. The highest BCUT2D eigenvalue weighted by molar-refractivity contribution is 8.01. The SMILES string of the molecule is Cc1sc2nc(C(C)Sc3nc4cc(Cl)ccc4s3)[nH]c(=O)c2c1C. The number of aromatic amines is 1. The molecule has 0 saturated heterocycles. The van der Waals surface area contributed by atoms with Gasteiger partial charge in [-0.15, -0.1) is 22.7 Å². The van der Waals surface area contributed by atoms with Gasteiger partial charge in [-0.05, 0) is 44.5 Å². The van der Waals surface area contributed by atoms with Crippen molar-refractivity contribution in [1.29, 1.82) is 0 Å². The first-order chi connectivity index (χ1) is 11.9. The molecular weight excluding hydrogens is 394 g/mol. The number of nitrogens with zero attached hydrogens (tertiary/aromatic N) is 2. The number of H-pyrrole nitrogens is 1. The second-order valence-electron chi connectivity index (χ2n) is 5.77. The standard InChI is InChI=1S/C17H14ClN3OS3/c1-7-8(2)23-16-13(7)15(22)20-14(21-16)9(3)24-17-19-11-6-10(18)4-5-12(11)25-17/h4-6,9H,1-3H3,(H,20,21,22). The summed E-state index contributed by atoms with van der Waals surface area (Å²) in [6.07, 6.45) is 0. The van der Waals surface area contributed by atoms with Gasteiger partial charge in [-0.3, -0.25) is 4.79 Å². The van der Waals surface area contributed by atoms with Crippen molar-refractivity contribution in [2.24, 2.45) is 0 Å². The van der Waals surface area contributed by atoms with E-state index >= 15 is 0 Å². The number of thiophene rings is 1. The maximum absolute atomic E-state index is 12.4. The lowest BCUT2D eigenvalue weighted by molar-refractivity contribution is 0.924. The Hall–Kier alpha value is -1.41. The Morgan fingerprint density at radius 1 is 1.24 bits per heavy atom. The number of thioether (sulfide) groups is 1. The van der Waals surface area contributed by atoms with Crippen LogP contribution in [0.3, 0.4) is 0 Å². The Morgan fingerprint density at radius 3 is 2.84 bits per heavy atom. The largest absolute Gasteiger partial charge is 0.309 e. The number of aryl methyl sites for hydroxylation is 2. The quantitative estimate of drug-likeness (QED) is 0.441. The molecule has 3 aromatic heterocycles. The monoisotopic (exact) mass is 407 g/mol. The van der Waals surface area contributed by atoms with Crippen LogP contribution in [0.5, 0.6) is 0 Å². The summed E-state index contributed by atoms with van der Waals surface area (Å²) in [4.78, 5) is 26.6. The smallest absolute Gasteiger partial charge is 0.259 e. The third-order valence-electron chi connectivity index (χ3n) is 4.05. The van der Waals surface area contributed by atoms with Crippen molar-refractivity contribution in [1.82, 2.24) is 15.0 Å². The maximum atomic E-state index is 12.4. The molecule has 128 valence electrons. The molecular formula is C17H14ClN3OS3. The Bertz CT molecular complexity index is 1160. The highest BCUT2D eigenvalue weighted by Gasteiger charge is 2.17. The molecule has 0 spiro atoms. The Kier molecular flexibility index (Phi) is 4.35. The molecule has 25 heavy (non-hydrogen) atoms. The third kappa shape index (κ3) is 3.10. The highest BCUT2D eigenvalue weighted by atomic mass is 35.5. The molecule has 1 N–H and O–H groups in total. The van der Waals surface area contributed by atoms with E-state index in [0.717, 1.165) is 29.8 Å². The molecule has 0 amide bonds. The van der Waals surface area contributed by atoms with Gasteiger partial charge in [-0.2, -0.15) is 0 Å². The van der Waals surface area contributed by atoms with E-state index in [2.05, 4.69) is 15.0 Å². The average molecular weight is 408 g/mol. The van der Waals surface area contributed by atoms with Gasteiger partial charge >= 0.3 is 0 Å². The first kappa shape index (κ1) is 17.0. The summed E-state index contributed by atoms with van der Waals surface area (Å²) in [6.45, 7) is 6.02. The van der Waals surface area contributed by atoms with Gasteiger partial charge in [-0.25, -0.2) is 9.97 Å². The fourth-order valence-electron chi connectivity index (χ4n) is 2.60. The van der Waals surface area contributed by atoms with Crippen LogP contribution in [-0.2, 0) is 0 Å². The van der Waals surface area contributed by atoms with E-state index in [4.69, 9.17) is 11.6 Å². The number of fused-ring (bicyclic) bond motifs is 2. The second kappa shape index (κ2) is 6.39. The number of hydrogen-bond acceptors (Lipinski definition) is 6. The van der Waals surface area contributed by atoms with Gasteiger partial charge in [0.25, 0.3) is 5.56 Å². The zero-order chi connectivity index (χ0) is 17.7. The Balaban J connectivity index is 1.69. The molecule has 4 rings (SSSR count). The molecule has 0 bridgehead atoms. The van der Waals surface area contributed by atoms with Crippen molar-refractivity contribution in [2.45, 2.75) is 30.4 Å². The molecule has 1 atom stereocenters. The van der Waals surface area contributed by atoms with E-state index < -0.39 is 0 Å². The Morgan fingerprint density at radius 2 is 2.04 bits per heavy atom. The van der Waals surface area contributed by atoms with Crippen molar-refractivity contribution in [3.8, 4) is 0 Å². The summed E-state index contributed by atoms with van der Waals surface area (Å²) in [5.74, 6) is 0.682. The lowest BCUT2D eigenvalue weighted by atomic mass is 10.2. The van der Waals surface area contributed by atoms with Crippen LogP contribution in [-0.4, -0.2) is 15.0 Å². The molecule has 8 heteroatoms. The van der Waals surface area contributed by atoms with E-state index in [1.54, 1.807) is 34.4 Å². The second-order valence-corrected chi connectivity index (χ2v) is 10.0. The van der Waals surface area contributed by atoms with Gasteiger partial charge in [-0.1, -0.05) is 23.4 Å². The van der Waals surface area contributed by atoms with Crippen molar-refractivity contribution in [3.05, 3.63) is 49.8 Å². The number of thiazole rings is 1. The van der Waals surface area contributed by atoms with E-state index in [1.165, 1.54) is 0 Å². The van der Waals surface area contributed by atoms with Crippen molar-refractivity contribution >= 4 is 66.5 Å². The molecule has 1 unspecified atom stereocenters. The third-order valence-corrected chi connectivity index (χ3v) is 7.63. The zero-order valence-corrected chi connectivity index (χ0v) is 16.9. The molecule has 3 heterocycles. The lowest BCUT2D eigenvalue weighted by Gasteiger charge is -2.08. The van der Waals surface area contributed by atoms with Crippen molar-refractivity contribution in [3.63, 3.8) is 0 Å². The van der Waals surface area contributed by atoms with E-state index in [9.17, 15) is 4.79 Å². The number of hydrogen-bond donors (Lipinski definition) is 1. The van der Waals surface area contributed by atoms with Crippen LogP contribution in [0.4, 0.5) is 0 Å². The van der Waals surface area contributed by atoms with Crippen LogP contribution in [0.25, 0.3) is 20.4 Å². The van der Waals surface area contributed by atoms with E-state index in [1.807, 2.05) is 39.0 Å². The molecule has 0 aliphatic rings. The molecule has 0 saturated carbocycles. The van der Waals surface area contributed by atoms with Crippen LogP contribution < -0.4 is 5.56 Å². The van der Waals surface area contributed by atoms with Crippen LogP contribution in [0.15, 0.2) is 27.3 Å². The first-order valence-electron chi connectivity index (χ1n) is 7.65. The maximum Gasteiger partial charge on any atom is 0.259 e. The van der Waals surface area contributed by atoms with Gasteiger partial charge in [0, 0.05) is 9.90 Å². The summed E-state index contributed by atoms with van der Waals surface area (Å²) in [7, 11) is 0. The van der Waals surface area contributed by atoms with Crippen LogP contribution in [0.2, 0.25) is 5.02 Å². The molecule has 4 aromatic rings. The number of rotatable bonds is 3. The highest BCUT2D eigenvalue weighted by Crippen LogP contribution is 2.38. The normalized spacial score (nSPS) is 13.0. The lowest BCUT2D eigenvalue weighted by Crippen LogP contribution is -2.12. The van der Waals surface area contributed by atoms with Gasteiger partial charge in [0.15, 0.2) is 4.34 Å². The fraction of sp³-hybridized carbons (Fsp3) is 0.235. The van der Waals surface area contributed by atoms with Crippen LogP contribution in [0, 0.1) is 13.8 Å². The van der Waals surface area contributed by atoms with Crippen LogP contribution in [0.1, 0.15) is 28.4 Å². The molecule has 4 nitrogen and oxygen atoms in total. The number of halogens is 1. The summed E-state index contributed by atoms with van der Waals surface area (Å²) in [5, 5.41) is 1.39. The van der Waals surface area contributed by atoms with Crippen LogP contribution >= 0.6 is 46.0 Å². The van der Waals surface area contributed by atoms with Crippen molar-refractivity contribution < 1.29 is 0 Å². The minimum absolute atomic E-state index is 0.00385. The topological polar surface area (TPSA) is 58.6 Å². The minimum atomic E-state index is -0.0645. The summed E-state index contributed by atoms with van der Waals surface area (Å²) < 4.78 is 2.03. The Labute approximate surface area is 161 Å². The van der Waals surface area contributed by atoms with Gasteiger partial charge in [0.2, 0.25) is 0 Å². The molecule has 0 aliphatic heterocycles. The van der Waals surface area contributed by atoms with Crippen molar-refractivity contribution in [2.75, 3.05) is 0 Å².